The lowest BCUT2D eigenvalue weighted by Gasteiger charge is -2.36. The van der Waals surface area contributed by atoms with Crippen LogP contribution in [0.5, 0.6) is 0 Å². The predicted octanol–water partition coefficient (Wildman–Crippen LogP) is 0.940. The van der Waals surface area contributed by atoms with Crippen molar-refractivity contribution in [1.29, 1.82) is 0 Å². The monoisotopic (exact) mass is 402 g/mol. The highest BCUT2D eigenvalue weighted by Gasteiger charge is 2.25. The van der Waals surface area contributed by atoms with Gasteiger partial charge in [-0.15, -0.1) is 11.3 Å². The van der Waals surface area contributed by atoms with Gasteiger partial charge in [-0.2, -0.15) is 0 Å². The number of thiophene rings is 1. The minimum absolute atomic E-state index is 0.0805. The molecule has 1 N–H and O–H groups in total. The fourth-order valence-electron chi connectivity index (χ4n) is 3.96. The van der Waals surface area contributed by atoms with E-state index in [1.165, 1.54) is 0 Å². The number of fused-ring (bicyclic) bond motifs is 1. The van der Waals surface area contributed by atoms with Gasteiger partial charge in [0.2, 0.25) is 11.8 Å². The summed E-state index contributed by atoms with van der Waals surface area (Å²) in [6.45, 7) is 6.88. The normalized spacial score (nSPS) is 19.2. The van der Waals surface area contributed by atoms with Gasteiger partial charge < -0.3 is 15.1 Å². The van der Waals surface area contributed by atoms with E-state index in [-0.39, 0.29) is 17.9 Å². The van der Waals surface area contributed by atoms with Crippen LogP contribution >= 0.6 is 11.3 Å². The van der Waals surface area contributed by atoms with E-state index < -0.39 is 0 Å². The molecule has 2 aromatic heterocycles. The summed E-state index contributed by atoms with van der Waals surface area (Å²) in [4.78, 5) is 40.0. The molecule has 2 aromatic rings. The summed E-state index contributed by atoms with van der Waals surface area (Å²) in [7, 11) is 0. The van der Waals surface area contributed by atoms with Gasteiger partial charge in [0.15, 0.2) is 0 Å². The number of nitrogens with zero attached hydrogens (tertiary/aromatic N) is 5. The molecule has 4 heterocycles. The molecule has 0 aliphatic carbocycles. The third-order valence-electron chi connectivity index (χ3n) is 5.59. The lowest BCUT2D eigenvalue weighted by atomic mass is 10.1. The summed E-state index contributed by atoms with van der Waals surface area (Å²) in [5.41, 5.74) is 0. The molecular weight excluding hydrogens is 376 g/mol. The molecule has 2 saturated heterocycles. The van der Waals surface area contributed by atoms with Crippen LogP contribution in [0.3, 0.4) is 0 Å². The van der Waals surface area contributed by atoms with E-state index >= 15 is 0 Å². The second-order valence-corrected chi connectivity index (χ2v) is 8.34. The van der Waals surface area contributed by atoms with E-state index in [0.717, 1.165) is 68.1 Å². The highest BCUT2D eigenvalue weighted by atomic mass is 32.1. The Labute approximate surface area is 168 Å². The van der Waals surface area contributed by atoms with Gasteiger partial charge in [0, 0.05) is 52.2 Å². The Kier molecular flexibility index (Phi) is 5.72. The first-order chi connectivity index (χ1) is 13.6. The van der Waals surface area contributed by atoms with Crippen LogP contribution < -0.4 is 10.2 Å². The summed E-state index contributed by atoms with van der Waals surface area (Å²) in [6.07, 6.45) is 3.30. The van der Waals surface area contributed by atoms with Crippen LogP contribution in [0, 0.1) is 0 Å². The number of nitrogens with one attached hydrogen (secondary N) is 1. The number of amides is 2. The van der Waals surface area contributed by atoms with Gasteiger partial charge in [0.05, 0.1) is 11.9 Å². The number of aromatic nitrogens is 2. The number of carbonyl (C=O) groups excluding carboxylic acids is 2. The standard InChI is InChI=1S/C19H26N6O2S/c1-14(26)24-5-2-15(3-6-24)22-17(27)12-23-7-9-25(10-8-23)18-16-4-11-28-19(16)21-13-20-18/h4,11,13,15H,2-3,5-10,12H2,1H3,(H,22,27). The lowest BCUT2D eigenvalue weighted by molar-refractivity contribution is -0.130. The van der Waals surface area contributed by atoms with Crippen molar-refractivity contribution in [2.75, 3.05) is 50.7 Å². The number of piperazine rings is 1. The number of piperidine rings is 1. The van der Waals surface area contributed by atoms with Crippen molar-refractivity contribution < 1.29 is 9.59 Å². The van der Waals surface area contributed by atoms with Crippen LogP contribution in [-0.2, 0) is 9.59 Å². The Hall–Kier alpha value is -2.26. The van der Waals surface area contributed by atoms with Gasteiger partial charge in [0.25, 0.3) is 0 Å². The molecule has 9 heteroatoms. The molecule has 4 rings (SSSR count). The molecule has 2 aliphatic heterocycles. The van der Waals surface area contributed by atoms with Crippen LogP contribution in [0.4, 0.5) is 5.82 Å². The van der Waals surface area contributed by atoms with E-state index in [1.54, 1.807) is 24.6 Å². The molecule has 0 atom stereocenters. The molecule has 0 spiro atoms. The highest BCUT2D eigenvalue weighted by Crippen LogP contribution is 2.27. The zero-order valence-electron chi connectivity index (χ0n) is 16.1. The molecule has 0 saturated carbocycles. The van der Waals surface area contributed by atoms with Crippen LogP contribution in [0.1, 0.15) is 19.8 Å². The van der Waals surface area contributed by atoms with Gasteiger partial charge in [-0.1, -0.05) is 0 Å². The van der Waals surface area contributed by atoms with E-state index in [1.807, 2.05) is 10.3 Å². The first kappa shape index (κ1) is 19.1. The third kappa shape index (κ3) is 4.25. The predicted molar refractivity (Wildman–Crippen MR) is 109 cm³/mol. The van der Waals surface area contributed by atoms with Crippen molar-refractivity contribution in [1.82, 2.24) is 25.1 Å². The summed E-state index contributed by atoms with van der Waals surface area (Å²) in [5.74, 6) is 1.19. The molecule has 2 fully saturated rings. The molecule has 0 aromatic carbocycles. The van der Waals surface area contributed by atoms with E-state index in [9.17, 15) is 9.59 Å². The van der Waals surface area contributed by atoms with Crippen LogP contribution in [0.2, 0.25) is 0 Å². The highest BCUT2D eigenvalue weighted by molar-refractivity contribution is 7.16. The van der Waals surface area contributed by atoms with Gasteiger partial charge in [-0.25, -0.2) is 9.97 Å². The minimum Gasteiger partial charge on any atom is -0.353 e. The van der Waals surface area contributed by atoms with Crippen molar-refractivity contribution in [3.8, 4) is 0 Å². The quantitative estimate of drug-likeness (QED) is 0.820. The number of rotatable bonds is 4. The van der Waals surface area contributed by atoms with Crippen molar-refractivity contribution in [3.63, 3.8) is 0 Å². The van der Waals surface area contributed by atoms with Crippen LogP contribution in [-0.4, -0.2) is 83.4 Å². The van der Waals surface area contributed by atoms with Crippen molar-refractivity contribution in [3.05, 3.63) is 17.8 Å². The number of anilines is 1. The maximum atomic E-state index is 12.4. The number of hydrogen-bond donors (Lipinski definition) is 1. The fraction of sp³-hybridized carbons (Fsp3) is 0.579. The molecule has 0 bridgehead atoms. The Morgan fingerprint density at radius 3 is 2.61 bits per heavy atom. The second kappa shape index (κ2) is 8.40. The number of carbonyl (C=O) groups is 2. The van der Waals surface area contributed by atoms with Crippen LogP contribution in [0.25, 0.3) is 10.2 Å². The molecule has 150 valence electrons. The Morgan fingerprint density at radius 2 is 1.89 bits per heavy atom. The summed E-state index contributed by atoms with van der Waals surface area (Å²) < 4.78 is 0. The SMILES string of the molecule is CC(=O)N1CCC(NC(=O)CN2CCN(c3ncnc4sccc34)CC2)CC1. The van der Waals surface area contributed by atoms with E-state index in [4.69, 9.17) is 0 Å². The van der Waals surface area contributed by atoms with Crippen molar-refractivity contribution in [2.45, 2.75) is 25.8 Å². The zero-order chi connectivity index (χ0) is 19.5. The average Bonchev–Trinajstić information content (AvgIpc) is 3.18. The van der Waals surface area contributed by atoms with Gasteiger partial charge in [-0.3, -0.25) is 14.5 Å². The van der Waals surface area contributed by atoms with Crippen molar-refractivity contribution in [2.24, 2.45) is 0 Å². The minimum atomic E-state index is 0.0805. The molecule has 0 unspecified atom stereocenters. The number of likely N-dealkylation sites (tertiary alicyclic amines) is 1. The van der Waals surface area contributed by atoms with Crippen molar-refractivity contribution >= 4 is 39.2 Å². The van der Waals surface area contributed by atoms with Gasteiger partial charge in [-0.05, 0) is 24.3 Å². The molecule has 8 nitrogen and oxygen atoms in total. The molecule has 2 amide bonds. The molecule has 0 radical (unpaired) electrons. The van der Waals surface area contributed by atoms with E-state index in [2.05, 4.69) is 31.2 Å². The average molecular weight is 403 g/mol. The summed E-state index contributed by atoms with van der Waals surface area (Å²) >= 11 is 1.63. The zero-order valence-corrected chi connectivity index (χ0v) is 17.0. The summed E-state index contributed by atoms with van der Waals surface area (Å²) in [5, 5.41) is 6.29. The lowest BCUT2D eigenvalue weighted by Crippen LogP contribution is -2.52. The first-order valence-electron chi connectivity index (χ1n) is 9.80. The molecule has 28 heavy (non-hydrogen) atoms. The molecule has 2 aliphatic rings. The molecular formula is C19H26N6O2S. The van der Waals surface area contributed by atoms with Gasteiger partial charge in [0.1, 0.15) is 17.0 Å². The second-order valence-electron chi connectivity index (χ2n) is 7.45. The van der Waals surface area contributed by atoms with Gasteiger partial charge >= 0.3 is 0 Å². The maximum Gasteiger partial charge on any atom is 0.234 e. The number of hydrogen-bond acceptors (Lipinski definition) is 7. The summed E-state index contributed by atoms with van der Waals surface area (Å²) in [6, 6.07) is 2.25. The van der Waals surface area contributed by atoms with E-state index in [0.29, 0.717) is 6.54 Å². The third-order valence-corrected chi connectivity index (χ3v) is 6.41. The first-order valence-corrected chi connectivity index (χ1v) is 10.7. The topological polar surface area (TPSA) is 81.7 Å². The Balaban J connectivity index is 1.24. The fourth-order valence-corrected chi connectivity index (χ4v) is 4.69. The smallest absolute Gasteiger partial charge is 0.234 e. The largest absolute Gasteiger partial charge is 0.353 e. The Morgan fingerprint density at radius 1 is 1.14 bits per heavy atom. The Bertz CT molecular complexity index is 840. The van der Waals surface area contributed by atoms with Crippen LogP contribution in [0.15, 0.2) is 17.8 Å². The maximum absolute atomic E-state index is 12.4.